The first kappa shape index (κ1) is 13.0. The first-order valence-corrected chi connectivity index (χ1v) is 6.59. The highest BCUT2D eigenvalue weighted by Gasteiger charge is 2.35. The van der Waals surface area contributed by atoms with Gasteiger partial charge in [0.15, 0.2) is 17.7 Å². The van der Waals surface area contributed by atoms with Gasteiger partial charge in [0.05, 0.1) is 21.8 Å². The Hall–Kier alpha value is -2.50. The molecule has 0 amide bonds. The average Bonchev–Trinajstić information content (AvgIpc) is 3.09. The molecule has 1 saturated heterocycles. The van der Waals surface area contributed by atoms with Crippen molar-refractivity contribution in [2.45, 2.75) is 24.9 Å². The number of nitrogens with two attached hydrogens (primary N) is 1. The second kappa shape index (κ2) is 5.95. The molecule has 0 unspecified atom stereocenters. The highest BCUT2D eigenvalue weighted by atomic mass is 16.5. The van der Waals surface area contributed by atoms with E-state index in [0.717, 1.165) is 0 Å². The number of carbonyl (C=O) groups is 1. The number of rotatable bonds is 5. The average molecular weight is 327 g/mol. The van der Waals surface area contributed by atoms with Crippen molar-refractivity contribution in [1.29, 1.82) is 0 Å². The third kappa shape index (κ3) is 2.88. The van der Waals surface area contributed by atoms with E-state index in [-0.39, 0.29) is 30.1 Å². The molecule has 23 heavy (non-hydrogen) atoms. The number of ether oxygens (including phenoxy) is 2. The summed E-state index contributed by atoms with van der Waals surface area (Å²) in [6.07, 6.45) is -0.899. The molecule has 0 saturated carbocycles. The number of nitrogens with zero attached hydrogens (tertiary/aromatic N) is 4. The van der Waals surface area contributed by atoms with Crippen LogP contribution in [-0.4, -0.2) is 66.2 Å². The van der Waals surface area contributed by atoms with Gasteiger partial charge in [0, 0.05) is 6.42 Å². The van der Waals surface area contributed by atoms with Gasteiger partial charge in [0.1, 0.15) is 12.3 Å². The SMILES string of the molecule is [2H]C([2H])(Oc1nc(N)nc2c1ncn2[C@H]1C[C@H](O)[C@@H](CO)O1)C(=O)O. The van der Waals surface area contributed by atoms with Gasteiger partial charge in [-0.2, -0.15) is 9.97 Å². The standard InChI is InChI=1S/C12H15N5O6/c13-12-15-10-9(11(16-12)22-3-8(20)21)14-4-17(10)7-1-5(19)6(2-18)23-7/h4-7,18-19H,1-3H2,(H,20,21)(H2,13,15,16)/t5-,6+,7+/m0/s1/i3D2. The van der Waals surface area contributed by atoms with Crippen LogP contribution in [0.1, 0.15) is 15.4 Å². The molecule has 11 nitrogen and oxygen atoms in total. The molecule has 1 aliphatic rings. The van der Waals surface area contributed by atoms with Gasteiger partial charge in [0.25, 0.3) is 0 Å². The topological polar surface area (TPSA) is 166 Å². The Morgan fingerprint density at radius 3 is 3.04 bits per heavy atom. The van der Waals surface area contributed by atoms with Crippen molar-refractivity contribution < 1.29 is 32.3 Å². The van der Waals surface area contributed by atoms with Gasteiger partial charge in [0.2, 0.25) is 11.8 Å². The Labute approximate surface area is 132 Å². The number of aliphatic hydroxyl groups excluding tert-OH is 2. The van der Waals surface area contributed by atoms with Gasteiger partial charge >= 0.3 is 5.97 Å². The zero-order valence-electron chi connectivity index (χ0n) is 13.7. The molecule has 1 fully saturated rings. The number of hydrogen-bond donors (Lipinski definition) is 4. The summed E-state index contributed by atoms with van der Waals surface area (Å²) < 4.78 is 26.4. The van der Waals surface area contributed by atoms with E-state index in [2.05, 4.69) is 15.0 Å². The van der Waals surface area contributed by atoms with Gasteiger partial charge in [-0.1, -0.05) is 0 Å². The molecule has 0 bridgehead atoms. The number of nitrogen functional groups attached to an aromatic ring is 1. The summed E-state index contributed by atoms with van der Waals surface area (Å²) in [5.74, 6) is -2.57. The number of fused-ring (bicyclic) bond motifs is 1. The maximum atomic E-state index is 10.9. The lowest BCUT2D eigenvalue weighted by atomic mass is 10.2. The van der Waals surface area contributed by atoms with Crippen LogP contribution < -0.4 is 10.5 Å². The lowest BCUT2D eigenvalue weighted by Gasteiger charge is -2.13. The highest BCUT2D eigenvalue weighted by Crippen LogP contribution is 2.32. The third-order valence-electron chi connectivity index (χ3n) is 3.34. The summed E-state index contributed by atoms with van der Waals surface area (Å²) in [6.45, 7) is -3.41. The van der Waals surface area contributed by atoms with E-state index in [9.17, 15) is 9.90 Å². The molecule has 0 aromatic carbocycles. The molecule has 2 aromatic heterocycles. The highest BCUT2D eigenvalue weighted by molar-refractivity contribution is 5.78. The first-order valence-electron chi connectivity index (χ1n) is 7.59. The van der Waals surface area contributed by atoms with Crippen molar-refractivity contribution in [3.63, 3.8) is 0 Å². The number of imidazole rings is 1. The van der Waals surface area contributed by atoms with Crippen LogP contribution in [-0.2, 0) is 9.53 Å². The van der Waals surface area contributed by atoms with Crippen LogP contribution in [0.15, 0.2) is 6.33 Å². The Kier molecular flexibility index (Phi) is 3.36. The summed E-state index contributed by atoms with van der Waals surface area (Å²) in [4.78, 5) is 22.6. The summed E-state index contributed by atoms with van der Waals surface area (Å²) in [6, 6.07) is 0. The molecule has 3 heterocycles. The molecule has 11 heteroatoms. The molecular formula is C12H15N5O6. The van der Waals surface area contributed by atoms with Crippen molar-refractivity contribution in [2.75, 3.05) is 18.9 Å². The summed E-state index contributed by atoms with van der Waals surface area (Å²) >= 11 is 0. The second-order valence-corrected chi connectivity index (χ2v) is 4.84. The van der Waals surface area contributed by atoms with Crippen molar-refractivity contribution in [3.8, 4) is 5.88 Å². The Bertz CT molecular complexity index is 815. The van der Waals surface area contributed by atoms with Crippen LogP contribution in [0.3, 0.4) is 0 Å². The van der Waals surface area contributed by atoms with Gasteiger partial charge in [-0.25, -0.2) is 9.78 Å². The maximum absolute atomic E-state index is 10.9. The zero-order chi connectivity index (χ0) is 18.4. The number of carboxylic acids is 1. The first-order chi connectivity index (χ1) is 11.7. The molecule has 0 aliphatic carbocycles. The number of hydrogen-bond acceptors (Lipinski definition) is 9. The number of carboxylic acid groups (broad SMARTS) is 1. The van der Waals surface area contributed by atoms with Crippen LogP contribution in [0.25, 0.3) is 11.2 Å². The number of aliphatic hydroxyl groups is 2. The van der Waals surface area contributed by atoms with Crippen LogP contribution >= 0.6 is 0 Å². The van der Waals surface area contributed by atoms with E-state index in [1.54, 1.807) is 0 Å². The van der Waals surface area contributed by atoms with Crippen LogP contribution in [0.2, 0.25) is 0 Å². The molecule has 0 radical (unpaired) electrons. The fourth-order valence-electron chi connectivity index (χ4n) is 2.33. The normalized spacial score (nSPS) is 26.1. The zero-order valence-corrected chi connectivity index (χ0v) is 11.7. The molecule has 5 N–H and O–H groups in total. The Morgan fingerprint density at radius 2 is 2.39 bits per heavy atom. The van der Waals surface area contributed by atoms with E-state index in [0.29, 0.717) is 0 Å². The predicted octanol–water partition coefficient (Wildman–Crippen LogP) is -1.49. The van der Waals surface area contributed by atoms with E-state index in [1.165, 1.54) is 10.9 Å². The summed E-state index contributed by atoms with van der Waals surface area (Å²) in [5.41, 5.74) is 5.67. The predicted molar refractivity (Wildman–Crippen MR) is 74.5 cm³/mol. The molecule has 3 rings (SSSR count). The number of aromatic nitrogens is 4. The number of aliphatic carboxylic acids is 1. The quantitative estimate of drug-likeness (QED) is 0.508. The molecular weight excluding hydrogens is 310 g/mol. The minimum absolute atomic E-state index is 0.0233. The maximum Gasteiger partial charge on any atom is 0.341 e. The monoisotopic (exact) mass is 327 g/mol. The third-order valence-corrected chi connectivity index (χ3v) is 3.34. The van der Waals surface area contributed by atoms with Crippen LogP contribution in [0.5, 0.6) is 5.88 Å². The minimum atomic E-state index is -3.04. The largest absolute Gasteiger partial charge is 0.479 e. The molecule has 0 spiro atoms. The van der Waals surface area contributed by atoms with Crippen molar-refractivity contribution >= 4 is 23.1 Å². The molecule has 1 aliphatic heterocycles. The summed E-state index contributed by atoms with van der Waals surface area (Å²) in [5, 5.41) is 27.8. The van der Waals surface area contributed by atoms with Gasteiger partial charge in [-0.15, -0.1) is 0 Å². The van der Waals surface area contributed by atoms with Crippen molar-refractivity contribution in [3.05, 3.63) is 6.33 Å². The lowest BCUT2D eigenvalue weighted by molar-refractivity contribution is -0.139. The lowest BCUT2D eigenvalue weighted by Crippen LogP contribution is -2.24. The smallest absolute Gasteiger partial charge is 0.341 e. The second-order valence-electron chi connectivity index (χ2n) is 4.84. The fraction of sp³-hybridized carbons (Fsp3) is 0.500. The van der Waals surface area contributed by atoms with Gasteiger partial charge in [-0.3, -0.25) is 4.57 Å². The molecule has 3 atom stereocenters. The van der Waals surface area contributed by atoms with Gasteiger partial charge in [-0.05, 0) is 0 Å². The van der Waals surface area contributed by atoms with Crippen molar-refractivity contribution in [1.82, 2.24) is 19.5 Å². The fourth-order valence-corrected chi connectivity index (χ4v) is 2.33. The van der Waals surface area contributed by atoms with E-state index < -0.39 is 36.8 Å². The Morgan fingerprint density at radius 1 is 1.61 bits per heavy atom. The van der Waals surface area contributed by atoms with Crippen LogP contribution in [0.4, 0.5) is 5.95 Å². The van der Waals surface area contributed by atoms with E-state index in [4.69, 9.17) is 28.2 Å². The molecule has 124 valence electrons. The number of anilines is 1. The molecule has 2 aromatic rings. The van der Waals surface area contributed by atoms with E-state index in [1.807, 2.05) is 0 Å². The Balaban J connectivity index is 2.00. The van der Waals surface area contributed by atoms with Crippen LogP contribution in [0, 0.1) is 0 Å². The minimum Gasteiger partial charge on any atom is -0.479 e. The van der Waals surface area contributed by atoms with E-state index >= 15 is 0 Å². The summed E-state index contributed by atoms with van der Waals surface area (Å²) in [7, 11) is 0. The van der Waals surface area contributed by atoms with Crippen molar-refractivity contribution in [2.24, 2.45) is 0 Å². The van der Waals surface area contributed by atoms with Gasteiger partial charge < -0.3 is 30.5 Å².